The van der Waals surface area contributed by atoms with Crippen LogP contribution in [0, 0.1) is 0 Å². The molecule has 0 aliphatic rings. The van der Waals surface area contributed by atoms with E-state index >= 15 is 0 Å². The van der Waals surface area contributed by atoms with E-state index in [-0.39, 0.29) is 24.0 Å². The van der Waals surface area contributed by atoms with Gasteiger partial charge in [-0.05, 0) is 19.1 Å². The van der Waals surface area contributed by atoms with E-state index in [2.05, 4.69) is 10.4 Å². The van der Waals surface area contributed by atoms with Crippen LogP contribution in [0.25, 0.3) is 5.69 Å². The molecular weight excluding hydrogens is 274 g/mol. The monoisotopic (exact) mass is 289 g/mol. The molecule has 1 amide bonds. The van der Waals surface area contributed by atoms with E-state index in [4.69, 9.17) is 9.84 Å². The fourth-order valence-corrected chi connectivity index (χ4v) is 1.76. The number of hydrogen-bond donors (Lipinski definition) is 2. The van der Waals surface area contributed by atoms with Gasteiger partial charge in [0.25, 0.3) is 5.91 Å². The smallest absolute Gasteiger partial charge is 0.342 e. The number of benzene rings is 1. The van der Waals surface area contributed by atoms with Gasteiger partial charge >= 0.3 is 5.97 Å². The molecule has 0 spiro atoms. The molecule has 21 heavy (non-hydrogen) atoms. The first-order chi connectivity index (χ1) is 10.1. The zero-order chi connectivity index (χ0) is 15.2. The molecule has 0 saturated heterocycles. The number of carbonyl (C=O) groups is 2. The summed E-state index contributed by atoms with van der Waals surface area (Å²) in [5, 5.41) is 15.7. The Balaban J connectivity index is 2.30. The lowest BCUT2D eigenvalue weighted by Gasteiger charge is -2.10. The van der Waals surface area contributed by atoms with Gasteiger partial charge in [-0.1, -0.05) is 18.2 Å². The molecule has 1 aromatic heterocycles. The predicted molar refractivity (Wildman–Crippen MR) is 74.7 cm³/mol. The molecule has 0 atom stereocenters. The van der Waals surface area contributed by atoms with Gasteiger partial charge in [0, 0.05) is 6.54 Å². The van der Waals surface area contributed by atoms with Crippen molar-refractivity contribution < 1.29 is 19.4 Å². The Kier molecular flexibility index (Phi) is 4.55. The fourth-order valence-electron chi connectivity index (χ4n) is 1.76. The first kappa shape index (κ1) is 14.6. The van der Waals surface area contributed by atoms with E-state index in [0.717, 1.165) is 0 Å². The highest BCUT2D eigenvalue weighted by molar-refractivity contribution is 5.90. The third-order valence-electron chi connectivity index (χ3n) is 2.67. The number of aromatic carboxylic acids is 1. The number of likely N-dealkylation sites (N-methyl/N-ethyl adjacent to an activating group) is 1. The van der Waals surface area contributed by atoms with Crippen LogP contribution < -0.4 is 10.1 Å². The van der Waals surface area contributed by atoms with E-state index in [0.29, 0.717) is 12.2 Å². The summed E-state index contributed by atoms with van der Waals surface area (Å²) in [7, 11) is 0. The summed E-state index contributed by atoms with van der Waals surface area (Å²) in [4.78, 5) is 22.7. The lowest BCUT2D eigenvalue weighted by atomic mass is 10.3. The van der Waals surface area contributed by atoms with Gasteiger partial charge in [0.15, 0.2) is 6.61 Å². The molecular formula is C14H15N3O4. The van der Waals surface area contributed by atoms with E-state index in [1.165, 1.54) is 10.9 Å². The average molecular weight is 289 g/mol. The molecule has 110 valence electrons. The maximum atomic E-state index is 11.5. The highest BCUT2D eigenvalue weighted by atomic mass is 16.5. The van der Waals surface area contributed by atoms with Crippen LogP contribution in [0.5, 0.6) is 5.88 Å². The normalized spacial score (nSPS) is 10.1. The second-order valence-electron chi connectivity index (χ2n) is 4.16. The van der Waals surface area contributed by atoms with Crippen molar-refractivity contribution in [1.29, 1.82) is 0 Å². The minimum atomic E-state index is -1.16. The van der Waals surface area contributed by atoms with Gasteiger partial charge in [-0.2, -0.15) is 5.10 Å². The summed E-state index contributed by atoms with van der Waals surface area (Å²) >= 11 is 0. The van der Waals surface area contributed by atoms with Crippen LogP contribution in [0.4, 0.5) is 0 Å². The number of nitrogens with zero attached hydrogens (tertiary/aromatic N) is 2. The zero-order valence-corrected chi connectivity index (χ0v) is 11.4. The summed E-state index contributed by atoms with van der Waals surface area (Å²) in [6.45, 7) is 1.99. The fraction of sp³-hybridized carbons (Fsp3) is 0.214. The van der Waals surface area contributed by atoms with Crippen molar-refractivity contribution in [2.45, 2.75) is 6.92 Å². The van der Waals surface area contributed by atoms with Gasteiger partial charge < -0.3 is 15.2 Å². The third-order valence-corrected chi connectivity index (χ3v) is 2.67. The number of amides is 1. The Morgan fingerprint density at radius 1 is 1.33 bits per heavy atom. The van der Waals surface area contributed by atoms with Gasteiger partial charge in [0.2, 0.25) is 5.88 Å². The molecule has 0 saturated carbocycles. The van der Waals surface area contributed by atoms with Gasteiger partial charge in [0.05, 0.1) is 11.9 Å². The summed E-state index contributed by atoms with van der Waals surface area (Å²) in [5.41, 5.74) is 0.555. The lowest BCUT2D eigenvalue weighted by molar-refractivity contribution is -0.123. The van der Waals surface area contributed by atoms with Crippen LogP contribution in [0.3, 0.4) is 0 Å². The van der Waals surface area contributed by atoms with Gasteiger partial charge in [-0.25, -0.2) is 9.48 Å². The number of aromatic nitrogens is 2. The highest BCUT2D eigenvalue weighted by Gasteiger charge is 2.20. The molecule has 0 fully saturated rings. The average Bonchev–Trinajstić information content (AvgIpc) is 2.90. The number of nitrogens with one attached hydrogen (secondary N) is 1. The van der Waals surface area contributed by atoms with Crippen LogP contribution in [-0.4, -0.2) is 39.9 Å². The molecule has 1 aromatic carbocycles. The first-order valence-corrected chi connectivity index (χ1v) is 6.39. The number of carboxylic acid groups (broad SMARTS) is 1. The van der Waals surface area contributed by atoms with Crippen molar-refractivity contribution >= 4 is 11.9 Å². The maximum Gasteiger partial charge on any atom is 0.342 e. The van der Waals surface area contributed by atoms with E-state index < -0.39 is 5.97 Å². The molecule has 2 N–H and O–H groups in total. The Hall–Kier alpha value is -2.83. The maximum absolute atomic E-state index is 11.5. The van der Waals surface area contributed by atoms with Crippen LogP contribution >= 0.6 is 0 Å². The van der Waals surface area contributed by atoms with Crippen molar-refractivity contribution in [3.8, 4) is 11.6 Å². The molecule has 0 unspecified atom stereocenters. The largest absolute Gasteiger partial charge is 0.477 e. The van der Waals surface area contributed by atoms with Crippen molar-refractivity contribution in [1.82, 2.24) is 15.1 Å². The zero-order valence-electron chi connectivity index (χ0n) is 11.4. The second kappa shape index (κ2) is 6.56. The summed E-state index contributed by atoms with van der Waals surface area (Å²) in [6, 6.07) is 8.95. The SMILES string of the molecule is CCNC(=O)COc1c(C(=O)O)cnn1-c1ccccc1. The van der Waals surface area contributed by atoms with Crippen LogP contribution in [0.15, 0.2) is 36.5 Å². The van der Waals surface area contributed by atoms with Gasteiger partial charge in [0.1, 0.15) is 5.56 Å². The predicted octanol–water partition coefficient (Wildman–Crippen LogP) is 1.09. The van der Waals surface area contributed by atoms with E-state index in [9.17, 15) is 9.59 Å². The number of ether oxygens (including phenoxy) is 1. The number of hydrogen-bond acceptors (Lipinski definition) is 4. The minimum absolute atomic E-state index is 0.0277. The molecule has 0 radical (unpaired) electrons. The summed E-state index contributed by atoms with van der Waals surface area (Å²) in [6.07, 6.45) is 1.20. The molecule has 7 heteroatoms. The van der Waals surface area contributed by atoms with Crippen molar-refractivity contribution in [3.05, 3.63) is 42.1 Å². The van der Waals surface area contributed by atoms with E-state index in [1.54, 1.807) is 31.2 Å². The van der Waals surface area contributed by atoms with Crippen molar-refractivity contribution in [2.24, 2.45) is 0 Å². The summed E-state index contributed by atoms with van der Waals surface area (Å²) < 4.78 is 6.70. The Labute approximate surface area is 121 Å². The van der Waals surface area contributed by atoms with E-state index in [1.807, 2.05) is 6.07 Å². The molecule has 2 rings (SSSR count). The Bertz CT molecular complexity index is 637. The Morgan fingerprint density at radius 3 is 2.67 bits per heavy atom. The van der Waals surface area contributed by atoms with Crippen molar-refractivity contribution in [3.63, 3.8) is 0 Å². The molecule has 7 nitrogen and oxygen atoms in total. The molecule has 0 aliphatic heterocycles. The molecule has 0 aliphatic carbocycles. The van der Waals surface area contributed by atoms with Crippen LogP contribution in [0.2, 0.25) is 0 Å². The quantitative estimate of drug-likeness (QED) is 0.830. The van der Waals surface area contributed by atoms with Crippen LogP contribution in [0.1, 0.15) is 17.3 Å². The third kappa shape index (κ3) is 3.38. The topological polar surface area (TPSA) is 93.4 Å². The summed E-state index contributed by atoms with van der Waals surface area (Å²) in [5.74, 6) is -1.46. The first-order valence-electron chi connectivity index (χ1n) is 6.39. The minimum Gasteiger partial charge on any atom is -0.477 e. The Morgan fingerprint density at radius 2 is 2.05 bits per heavy atom. The second-order valence-corrected chi connectivity index (χ2v) is 4.16. The van der Waals surface area contributed by atoms with Gasteiger partial charge in [-0.3, -0.25) is 4.79 Å². The molecule has 0 bridgehead atoms. The number of para-hydroxylation sites is 1. The van der Waals surface area contributed by atoms with Crippen LogP contribution in [-0.2, 0) is 4.79 Å². The lowest BCUT2D eigenvalue weighted by Crippen LogP contribution is -2.29. The highest BCUT2D eigenvalue weighted by Crippen LogP contribution is 2.22. The van der Waals surface area contributed by atoms with Crippen molar-refractivity contribution in [2.75, 3.05) is 13.2 Å². The molecule has 2 aromatic rings. The number of carbonyl (C=O) groups excluding carboxylic acids is 1. The van der Waals surface area contributed by atoms with Gasteiger partial charge in [-0.15, -0.1) is 0 Å². The standard InChI is InChI=1S/C14H15N3O4/c1-2-15-12(18)9-21-13-11(14(19)20)8-16-17(13)10-6-4-3-5-7-10/h3-8H,2,9H2,1H3,(H,15,18)(H,19,20). The number of rotatable bonds is 6. The number of carboxylic acids is 1. The molecule has 1 heterocycles.